The molecular formula is C23H24N2O4. The lowest BCUT2D eigenvalue weighted by Crippen LogP contribution is -2.17. The topological polar surface area (TPSA) is 77.7 Å². The Morgan fingerprint density at radius 1 is 1.07 bits per heavy atom. The molecule has 3 aromatic rings. The molecule has 0 bridgehead atoms. The minimum atomic E-state index is -0.494. The largest absolute Gasteiger partial charge is 0.459 e. The SMILES string of the molecule is CCCc1ccc(C(=O)CCC(=O)OCc2cc(=O)n3cc(C)ccc3n2)cc1. The number of fused-ring (bicyclic) bond motifs is 1. The van der Waals surface area contributed by atoms with Crippen LogP contribution in [0.15, 0.2) is 53.5 Å². The highest BCUT2D eigenvalue weighted by atomic mass is 16.5. The third kappa shape index (κ3) is 5.38. The second kappa shape index (κ2) is 9.28. The van der Waals surface area contributed by atoms with E-state index in [-0.39, 0.29) is 30.8 Å². The molecule has 0 saturated heterocycles. The van der Waals surface area contributed by atoms with Crippen molar-refractivity contribution in [2.24, 2.45) is 0 Å². The van der Waals surface area contributed by atoms with Gasteiger partial charge in [0, 0.05) is 24.2 Å². The van der Waals surface area contributed by atoms with E-state index in [4.69, 9.17) is 4.74 Å². The molecule has 2 aromatic heterocycles. The molecule has 0 unspecified atom stereocenters. The average Bonchev–Trinajstić information content (AvgIpc) is 2.72. The summed E-state index contributed by atoms with van der Waals surface area (Å²) >= 11 is 0. The number of benzene rings is 1. The van der Waals surface area contributed by atoms with Gasteiger partial charge in [0.25, 0.3) is 5.56 Å². The van der Waals surface area contributed by atoms with Crippen molar-refractivity contribution in [3.63, 3.8) is 0 Å². The Morgan fingerprint density at radius 3 is 2.55 bits per heavy atom. The van der Waals surface area contributed by atoms with Gasteiger partial charge in [-0.3, -0.25) is 18.8 Å². The lowest BCUT2D eigenvalue weighted by atomic mass is 10.0. The van der Waals surface area contributed by atoms with Crippen LogP contribution in [0.2, 0.25) is 0 Å². The van der Waals surface area contributed by atoms with Crippen LogP contribution in [0.3, 0.4) is 0 Å². The first kappa shape index (κ1) is 20.5. The number of Topliss-reactive ketones (excluding diaryl/α,β-unsaturated/α-hetero) is 1. The number of esters is 1. The Bertz CT molecular complexity index is 1080. The number of carbonyl (C=O) groups is 2. The molecule has 0 N–H and O–H groups in total. The Balaban J connectivity index is 1.53. The molecule has 0 radical (unpaired) electrons. The summed E-state index contributed by atoms with van der Waals surface area (Å²) in [6.45, 7) is 3.90. The first-order valence-corrected chi connectivity index (χ1v) is 9.73. The van der Waals surface area contributed by atoms with E-state index < -0.39 is 5.97 Å². The minimum Gasteiger partial charge on any atom is -0.459 e. The van der Waals surface area contributed by atoms with Gasteiger partial charge in [0.2, 0.25) is 0 Å². The van der Waals surface area contributed by atoms with Crippen LogP contribution in [-0.2, 0) is 22.6 Å². The van der Waals surface area contributed by atoms with Gasteiger partial charge in [0.1, 0.15) is 12.3 Å². The van der Waals surface area contributed by atoms with Gasteiger partial charge in [-0.2, -0.15) is 0 Å². The molecule has 0 atom stereocenters. The third-order valence-electron chi connectivity index (χ3n) is 4.61. The fourth-order valence-corrected chi connectivity index (χ4v) is 3.06. The minimum absolute atomic E-state index is 0.0126. The molecule has 1 aromatic carbocycles. The second-order valence-corrected chi connectivity index (χ2v) is 7.05. The standard InChI is InChI=1S/C23H24N2O4/c1-3-4-17-6-8-18(9-7-17)20(26)10-12-23(28)29-15-19-13-22(27)25-14-16(2)5-11-21(25)24-19/h5-9,11,13-14H,3-4,10,12,15H2,1-2H3. The van der Waals surface area contributed by atoms with Gasteiger partial charge in [0.05, 0.1) is 12.1 Å². The summed E-state index contributed by atoms with van der Waals surface area (Å²) in [6, 6.07) is 12.4. The summed E-state index contributed by atoms with van der Waals surface area (Å²) in [6.07, 6.45) is 3.81. The van der Waals surface area contributed by atoms with E-state index in [0.29, 0.717) is 16.9 Å². The lowest BCUT2D eigenvalue weighted by molar-refractivity contribution is -0.145. The monoisotopic (exact) mass is 392 g/mol. The molecule has 3 rings (SSSR count). The molecule has 0 aliphatic heterocycles. The van der Waals surface area contributed by atoms with Crippen molar-refractivity contribution in [1.82, 2.24) is 9.38 Å². The number of hydrogen-bond donors (Lipinski definition) is 0. The number of aromatic nitrogens is 2. The Hall–Kier alpha value is -3.28. The molecule has 29 heavy (non-hydrogen) atoms. The van der Waals surface area contributed by atoms with Crippen LogP contribution in [0.1, 0.15) is 53.4 Å². The molecule has 0 aliphatic carbocycles. The predicted octanol–water partition coefficient (Wildman–Crippen LogP) is 3.66. The number of pyridine rings is 1. The maximum Gasteiger partial charge on any atom is 0.306 e. The van der Waals surface area contributed by atoms with Gasteiger partial charge in [-0.1, -0.05) is 43.7 Å². The first-order valence-electron chi connectivity index (χ1n) is 9.73. The summed E-state index contributed by atoms with van der Waals surface area (Å²) < 4.78 is 6.64. The summed E-state index contributed by atoms with van der Waals surface area (Å²) in [7, 11) is 0. The number of ether oxygens (including phenoxy) is 1. The zero-order valence-corrected chi connectivity index (χ0v) is 16.7. The van der Waals surface area contributed by atoms with Crippen molar-refractivity contribution >= 4 is 17.4 Å². The highest BCUT2D eigenvalue weighted by Crippen LogP contribution is 2.11. The molecule has 0 amide bonds. The second-order valence-electron chi connectivity index (χ2n) is 7.05. The molecule has 0 saturated carbocycles. The maximum atomic E-state index is 12.2. The van der Waals surface area contributed by atoms with Gasteiger partial charge in [-0.25, -0.2) is 4.98 Å². The van der Waals surface area contributed by atoms with E-state index in [1.165, 1.54) is 16.0 Å². The highest BCUT2D eigenvalue weighted by Gasteiger charge is 2.11. The van der Waals surface area contributed by atoms with Crippen molar-refractivity contribution in [2.75, 3.05) is 0 Å². The molecule has 6 nitrogen and oxygen atoms in total. The van der Waals surface area contributed by atoms with Crippen LogP contribution in [-0.4, -0.2) is 21.1 Å². The Kier molecular flexibility index (Phi) is 6.54. The van der Waals surface area contributed by atoms with Crippen LogP contribution in [0.5, 0.6) is 0 Å². The Morgan fingerprint density at radius 2 is 1.83 bits per heavy atom. The summed E-state index contributed by atoms with van der Waals surface area (Å²) in [5.41, 5.74) is 3.38. The van der Waals surface area contributed by atoms with Crippen molar-refractivity contribution in [1.29, 1.82) is 0 Å². The quantitative estimate of drug-likeness (QED) is 0.432. The smallest absolute Gasteiger partial charge is 0.306 e. The number of hydrogen-bond acceptors (Lipinski definition) is 5. The summed E-state index contributed by atoms with van der Waals surface area (Å²) in [4.78, 5) is 40.8. The first-order chi connectivity index (χ1) is 14.0. The maximum absolute atomic E-state index is 12.2. The number of carbonyl (C=O) groups excluding carboxylic acids is 2. The molecule has 6 heteroatoms. The van der Waals surface area contributed by atoms with Gasteiger partial charge in [-0.15, -0.1) is 0 Å². The van der Waals surface area contributed by atoms with Crippen LogP contribution in [0.25, 0.3) is 5.65 Å². The summed E-state index contributed by atoms with van der Waals surface area (Å²) in [5, 5.41) is 0. The fourth-order valence-electron chi connectivity index (χ4n) is 3.06. The van der Waals surface area contributed by atoms with E-state index in [1.807, 2.05) is 25.1 Å². The van der Waals surface area contributed by atoms with Crippen molar-refractivity contribution in [3.8, 4) is 0 Å². The van der Waals surface area contributed by atoms with Gasteiger partial charge >= 0.3 is 5.97 Å². The van der Waals surface area contributed by atoms with Crippen molar-refractivity contribution in [2.45, 2.75) is 46.1 Å². The molecule has 2 heterocycles. The predicted molar refractivity (Wildman–Crippen MR) is 110 cm³/mol. The number of nitrogens with zero attached hydrogens (tertiary/aromatic N) is 2. The van der Waals surface area contributed by atoms with Crippen molar-refractivity contribution < 1.29 is 14.3 Å². The highest BCUT2D eigenvalue weighted by molar-refractivity contribution is 5.97. The molecule has 0 fully saturated rings. The van der Waals surface area contributed by atoms with Crippen LogP contribution in [0.4, 0.5) is 0 Å². The van der Waals surface area contributed by atoms with Crippen LogP contribution >= 0.6 is 0 Å². The summed E-state index contributed by atoms with van der Waals surface area (Å²) in [5.74, 6) is -0.589. The average molecular weight is 392 g/mol. The molecule has 0 spiro atoms. The number of ketones is 1. The van der Waals surface area contributed by atoms with Gasteiger partial charge < -0.3 is 4.74 Å². The molecular weight excluding hydrogens is 368 g/mol. The van der Waals surface area contributed by atoms with Crippen LogP contribution < -0.4 is 5.56 Å². The fraction of sp³-hybridized carbons (Fsp3) is 0.304. The zero-order chi connectivity index (χ0) is 20.8. The third-order valence-corrected chi connectivity index (χ3v) is 4.61. The van der Waals surface area contributed by atoms with Gasteiger partial charge in [0.15, 0.2) is 5.78 Å². The Labute approximate surface area is 169 Å². The van der Waals surface area contributed by atoms with E-state index in [9.17, 15) is 14.4 Å². The number of aryl methyl sites for hydroxylation is 2. The number of rotatable bonds is 8. The van der Waals surface area contributed by atoms with E-state index >= 15 is 0 Å². The zero-order valence-electron chi connectivity index (χ0n) is 16.7. The molecule has 0 aliphatic rings. The van der Waals surface area contributed by atoms with E-state index in [2.05, 4.69) is 11.9 Å². The van der Waals surface area contributed by atoms with E-state index in [0.717, 1.165) is 18.4 Å². The normalized spacial score (nSPS) is 10.8. The van der Waals surface area contributed by atoms with E-state index in [1.54, 1.807) is 24.4 Å². The van der Waals surface area contributed by atoms with Crippen LogP contribution in [0, 0.1) is 6.92 Å². The lowest BCUT2D eigenvalue weighted by Gasteiger charge is -2.07. The molecule has 150 valence electrons. The van der Waals surface area contributed by atoms with Gasteiger partial charge in [-0.05, 0) is 30.5 Å². The van der Waals surface area contributed by atoms with Crippen molar-refractivity contribution in [3.05, 3.63) is 81.4 Å².